The SMILES string of the molecule is ClCCc1nc2cccnc2n1CC1CC1. The van der Waals surface area contributed by atoms with Crippen molar-refractivity contribution < 1.29 is 0 Å². The fourth-order valence-corrected chi connectivity index (χ4v) is 2.20. The van der Waals surface area contributed by atoms with Crippen LogP contribution < -0.4 is 0 Å². The molecule has 0 N–H and O–H groups in total. The lowest BCUT2D eigenvalue weighted by molar-refractivity contribution is 0.611. The molecule has 3 nitrogen and oxygen atoms in total. The Morgan fingerprint density at radius 3 is 3.06 bits per heavy atom. The smallest absolute Gasteiger partial charge is 0.159 e. The molecule has 0 unspecified atom stereocenters. The molecule has 1 fully saturated rings. The van der Waals surface area contributed by atoms with E-state index in [-0.39, 0.29) is 0 Å². The number of imidazole rings is 1. The van der Waals surface area contributed by atoms with Crippen molar-refractivity contribution in [2.75, 3.05) is 5.88 Å². The van der Waals surface area contributed by atoms with E-state index in [9.17, 15) is 0 Å². The van der Waals surface area contributed by atoms with Gasteiger partial charge in [0.1, 0.15) is 11.3 Å². The van der Waals surface area contributed by atoms with Gasteiger partial charge in [0.25, 0.3) is 0 Å². The predicted octanol–water partition coefficient (Wildman–Crippen LogP) is 2.62. The summed E-state index contributed by atoms with van der Waals surface area (Å²) in [6, 6.07) is 3.95. The van der Waals surface area contributed by atoms with Crippen LogP contribution in [-0.2, 0) is 13.0 Å². The van der Waals surface area contributed by atoms with Crippen molar-refractivity contribution in [2.45, 2.75) is 25.8 Å². The molecule has 0 atom stereocenters. The van der Waals surface area contributed by atoms with Crippen molar-refractivity contribution in [3.63, 3.8) is 0 Å². The molecule has 1 aliphatic carbocycles. The van der Waals surface area contributed by atoms with Gasteiger partial charge in [0, 0.05) is 25.0 Å². The Bertz CT molecular complexity index is 502. The number of pyridine rings is 1. The van der Waals surface area contributed by atoms with Crippen LogP contribution in [0, 0.1) is 5.92 Å². The van der Waals surface area contributed by atoms with Gasteiger partial charge in [-0.15, -0.1) is 11.6 Å². The summed E-state index contributed by atoms with van der Waals surface area (Å²) in [5.41, 5.74) is 2.00. The van der Waals surface area contributed by atoms with E-state index in [0.29, 0.717) is 5.88 Å². The third kappa shape index (κ3) is 1.80. The number of halogens is 1. The Labute approximate surface area is 99.5 Å². The summed E-state index contributed by atoms with van der Waals surface area (Å²) in [6.45, 7) is 1.06. The standard InChI is InChI=1S/C12H14ClN3/c13-6-5-11-15-10-2-1-7-14-12(10)16(11)8-9-3-4-9/h1-2,7,9H,3-6,8H2. The largest absolute Gasteiger partial charge is 0.312 e. The number of nitrogens with zero attached hydrogens (tertiary/aromatic N) is 3. The Balaban J connectivity index is 2.06. The number of fused-ring (bicyclic) bond motifs is 1. The summed E-state index contributed by atoms with van der Waals surface area (Å²) in [5.74, 6) is 2.53. The second kappa shape index (κ2) is 4.06. The van der Waals surface area contributed by atoms with Gasteiger partial charge < -0.3 is 4.57 Å². The summed E-state index contributed by atoms with van der Waals surface area (Å²) < 4.78 is 2.25. The molecule has 0 radical (unpaired) electrons. The molecule has 16 heavy (non-hydrogen) atoms. The van der Waals surface area contributed by atoms with Crippen molar-refractivity contribution in [3.05, 3.63) is 24.2 Å². The first-order valence-electron chi connectivity index (χ1n) is 5.74. The molecule has 3 rings (SSSR count). The molecular formula is C12H14ClN3. The zero-order valence-corrected chi connectivity index (χ0v) is 9.82. The van der Waals surface area contributed by atoms with Crippen LogP contribution in [0.1, 0.15) is 18.7 Å². The second-order valence-corrected chi connectivity index (χ2v) is 4.75. The van der Waals surface area contributed by atoms with Gasteiger partial charge in [-0.05, 0) is 30.9 Å². The van der Waals surface area contributed by atoms with Crippen LogP contribution in [0.15, 0.2) is 18.3 Å². The van der Waals surface area contributed by atoms with Crippen molar-refractivity contribution in [2.24, 2.45) is 5.92 Å². The fraction of sp³-hybridized carbons (Fsp3) is 0.500. The third-order valence-corrected chi connectivity index (χ3v) is 3.23. The molecular weight excluding hydrogens is 222 g/mol. The average Bonchev–Trinajstić information content (AvgIpc) is 3.04. The van der Waals surface area contributed by atoms with E-state index in [2.05, 4.69) is 14.5 Å². The fourth-order valence-electron chi connectivity index (χ4n) is 2.03. The molecule has 0 spiro atoms. The first kappa shape index (κ1) is 10.1. The Kier molecular flexibility index (Phi) is 2.56. The number of aryl methyl sites for hydroxylation is 1. The summed E-state index contributed by atoms with van der Waals surface area (Å²) in [5, 5.41) is 0. The highest BCUT2D eigenvalue weighted by molar-refractivity contribution is 6.17. The summed E-state index contributed by atoms with van der Waals surface area (Å²) in [4.78, 5) is 9.02. The molecule has 2 aromatic rings. The van der Waals surface area contributed by atoms with E-state index in [0.717, 1.165) is 35.9 Å². The lowest BCUT2D eigenvalue weighted by Crippen LogP contribution is -2.06. The van der Waals surface area contributed by atoms with Crippen LogP contribution >= 0.6 is 11.6 Å². The Morgan fingerprint density at radius 1 is 1.44 bits per heavy atom. The van der Waals surface area contributed by atoms with Gasteiger partial charge >= 0.3 is 0 Å². The number of alkyl halides is 1. The molecule has 2 aromatic heterocycles. The van der Waals surface area contributed by atoms with Crippen molar-refractivity contribution in [1.29, 1.82) is 0 Å². The average molecular weight is 236 g/mol. The minimum atomic E-state index is 0.619. The van der Waals surface area contributed by atoms with Crippen molar-refractivity contribution in [1.82, 2.24) is 14.5 Å². The predicted molar refractivity (Wildman–Crippen MR) is 64.7 cm³/mol. The second-order valence-electron chi connectivity index (χ2n) is 4.37. The zero-order chi connectivity index (χ0) is 11.0. The maximum atomic E-state index is 5.81. The normalized spacial score (nSPS) is 15.8. The van der Waals surface area contributed by atoms with Crippen LogP contribution in [0.3, 0.4) is 0 Å². The highest BCUT2D eigenvalue weighted by atomic mass is 35.5. The van der Waals surface area contributed by atoms with Gasteiger partial charge in [0.15, 0.2) is 5.65 Å². The van der Waals surface area contributed by atoms with E-state index in [1.165, 1.54) is 12.8 Å². The lowest BCUT2D eigenvalue weighted by Gasteiger charge is -2.05. The first-order chi connectivity index (χ1) is 7.88. The molecule has 0 aromatic carbocycles. The maximum absolute atomic E-state index is 5.81. The Morgan fingerprint density at radius 2 is 2.31 bits per heavy atom. The molecule has 84 valence electrons. The first-order valence-corrected chi connectivity index (χ1v) is 6.28. The van der Waals surface area contributed by atoms with Gasteiger partial charge in [-0.2, -0.15) is 0 Å². The van der Waals surface area contributed by atoms with E-state index in [4.69, 9.17) is 11.6 Å². The van der Waals surface area contributed by atoms with Crippen molar-refractivity contribution >= 4 is 22.8 Å². The quantitative estimate of drug-likeness (QED) is 0.763. The molecule has 1 saturated carbocycles. The highest BCUT2D eigenvalue weighted by Gasteiger charge is 2.24. The minimum Gasteiger partial charge on any atom is -0.312 e. The van der Waals surface area contributed by atoms with Crippen molar-refractivity contribution in [3.8, 4) is 0 Å². The number of hydrogen-bond acceptors (Lipinski definition) is 2. The van der Waals surface area contributed by atoms with Crippen LogP contribution in [0.2, 0.25) is 0 Å². The number of aromatic nitrogens is 3. The molecule has 0 amide bonds. The minimum absolute atomic E-state index is 0.619. The van der Waals surface area contributed by atoms with E-state index in [1.807, 2.05) is 18.3 Å². The number of hydrogen-bond donors (Lipinski definition) is 0. The maximum Gasteiger partial charge on any atom is 0.159 e. The van der Waals surface area contributed by atoms with Crippen LogP contribution in [0.25, 0.3) is 11.2 Å². The Hall–Kier alpha value is -1.09. The van der Waals surface area contributed by atoms with Crippen LogP contribution in [0.4, 0.5) is 0 Å². The zero-order valence-electron chi connectivity index (χ0n) is 9.06. The van der Waals surface area contributed by atoms with Gasteiger partial charge in [0.05, 0.1) is 0 Å². The number of rotatable bonds is 4. The molecule has 0 aliphatic heterocycles. The molecule has 0 bridgehead atoms. The summed E-state index contributed by atoms with van der Waals surface area (Å²) in [7, 11) is 0. The van der Waals surface area contributed by atoms with Gasteiger partial charge in [-0.3, -0.25) is 0 Å². The van der Waals surface area contributed by atoms with Crippen LogP contribution in [0.5, 0.6) is 0 Å². The van der Waals surface area contributed by atoms with E-state index < -0.39 is 0 Å². The summed E-state index contributed by atoms with van der Waals surface area (Å²) >= 11 is 5.81. The molecule has 1 aliphatic rings. The molecule has 0 saturated heterocycles. The van der Waals surface area contributed by atoms with E-state index in [1.54, 1.807) is 0 Å². The lowest BCUT2D eigenvalue weighted by atomic mass is 10.4. The topological polar surface area (TPSA) is 30.7 Å². The highest BCUT2D eigenvalue weighted by Crippen LogP contribution is 2.32. The van der Waals surface area contributed by atoms with E-state index >= 15 is 0 Å². The van der Waals surface area contributed by atoms with Gasteiger partial charge in [-0.1, -0.05) is 0 Å². The molecule has 4 heteroatoms. The van der Waals surface area contributed by atoms with Crippen LogP contribution in [-0.4, -0.2) is 20.4 Å². The monoisotopic (exact) mass is 235 g/mol. The van der Waals surface area contributed by atoms with Gasteiger partial charge in [0.2, 0.25) is 0 Å². The third-order valence-electron chi connectivity index (χ3n) is 3.04. The van der Waals surface area contributed by atoms with Gasteiger partial charge in [-0.25, -0.2) is 9.97 Å². The molecule has 2 heterocycles. The summed E-state index contributed by atoms with van der Waals surface area (Å²) in [6.07, 6.45) is 5.34.